The van der Waals surface area contributed by atoms with Crippen LogP contribution >= 0.6 is 24.0 Å². The summed E-state index contributed by atoms with van der Waals surface area (Å²) in [6, 6.07) is 12.7. The Morgan fingerprint density at radius 3 is 2.12 bits per heavy atom. The molecule has 2 aromatic rings. The fourth-order valence-electron chi connectivity index (χ4n) is 2.99. The number of carbonyl (C=O) groups is 1. The molecule has 2 rings (SSSR count). The number of carbonyl (C=O) groups excluding carboxylic acids is 1. The molecule has 0 saturated heterocycles. The number of sulfonamides is 1. The van der Waals surface area contributed by atoms with Crippen LogP contribution in [0, 0.1) is 13.8 Å². The number of likely N-dealkylation sites (N-methyl/N-ethyl adjacent to an activating group) is 1. The van der Waals surface area contributed by atoms with Gasteiger partial charge in [0, 0.05) is 20.6 Å². The molecule has 0 aliphatic rings. The second kappa shape index (κ2) is 12.8. The Morgan fingerprint density at radius 2 is 1.59 bits per heavy atom. The normalized spacial score (nSPS) is 11.5. The molecule has 0 aromatic heterocycles. The molecule has 0 heterocycles. The minimum atomic E-state index is -3.72. The zero-order chi connectivity index (χ0) is 23.0. The van der Waals surface area contributed by atoms with Crippen LogP contribution < -0.4 is 15.8 Å². The number of rotatable bonds is 8. The predicted molar refractivity (Wildman–Crippen MR) is 139 cm³/mol. The van der Waals surface area contributed by atoms with Crippen molar-refractivity contribution in [2.45, 2.75) is 31.7 Å². The Bertz CT molecular complexity index is 1020. The van der Waals surface area contributed by atoms with Crippen LogP contribution in [0.4, 0.5) is 0 Å². The molecule has 0 fully saturated rings. The van der Waals surface area contributed by atoms with Gasteiger partial charge in [0.05, 0.1) is 18.0 Å². The maximum atomic E-state index is 11.9. The smallest absolute Gasteiger partial charge is 0.241 e. The summed E-state index contributed by atoms with van der Waals surface area (Å²) in [6.07, 6.45) is 0.813. The summed E-state index contributed by atoms with van der Waals surface area (Å²) in [4.78, 5) is 18.0. The maximum absolute atomic E-state index is 11.9. The van der Waals surface area contributed by atoms with Crippen molar-refractivity contribution in [2.24, 2.45) is 10.1 Å². The third-order valence-corrected chi connectivity index (χ3v) is 5.49. The van der Waals surface area contributed by atoms with Gasteiger partial charge in [0.25, 0.3) is 0 Å². The van der Waals surface area contributed by atoms with Crippen molar-refractivity contribution in [3.63, 3.8) is 0 Å². The number of amides is 1. The van der Waals surface area contributed by atoms with Crippen molar-refractivity contribution < 1.29 is 13.2 Å². The lowest BCUT2D eigenvalue weighted by Crippen LogP contribution is -2.43. The molecule has 0 aliphatic carbocycles. The van der Waals surface area contributed by atoms with E-state index in [4.69, 9.17) is 5.14 Å². The van der Waals surface area contributed by atoms with Crippen LogP contribution in [0.2, 0.25) is 0 Å². The number of hydrogen-bond acceptors (Lipinski definition) is 4. The minimum Gasteiger partial charge on any atom is -0.356 e. The van der Waals surface area contributed by atoms with E-state index in [9.17, 15) is 13.2 Å². The number of halogens is 1. The minimum absolute atomic E-state index is 0. The van der Waals surface area contributed by atoms with E-state index in [2.05, 4.69) is 47.7 Å². The first-order valence-electron chi connectivity index (χ1n) is 9.96. The van der Waals surface area contributed by atoms with Crippen molar-refractivity contribution in [3.05, 3.63) is 64.7 Å². The number of primary sulfonamides is 1. The number of nitrogens with two attached hydrogens (primary N) is 1. The number of benzene rings is 2. The van der Waals surface area contributed by atoms with E-state index in [1.807, 2.05) is 0 Å². The predicted octanol–water partition coefficient (Wildman–Crippen LogP) is 1.93. The summed E-state index contributed by atoms with van der Waals surface area (Å²) in [6.45, 7) is 5.24. The third-order valence-electron chi connectivity index (χ3n) is 4.57. The highest BCUT2D eigenvalue weighted by Crippen LogP contribution is 2.10. The molecule has 0 bridgehead atoms. The standard InChI is InChI=1S/C22H31N5O3S.HI/c1-16-11-17(2)13-19(12-16)9-10-24-22(26-15-21(28)27(3)4)25-14-18-5-7-20(8-6-18)31(23,29)30;/h5-8,11-13H,9-10,14-15H2,1-4H3,(H2,23,29,30)(H2,24,25,26);1H. The Labute approximate surface area is 207 Å². The summed E-state index contributed by atoms with van der Waals surface area (Å²) in [5, 5.41) is 11.4. The molecule has 0 aliphatic heterocycles. The number of nitrogens with zero attached hydrogens (tertiary/aromatic N) is 2. The molecule has 8 nitrogen and oxygen atoms in total. The molecule has 32 heavy (non-hydrogen) atoms. The van der Waals surface area contributed by atoms with Gasteiger partial charge in [-0.1, -0.05) is 41.5 Å². The van der Waals surface area contributed by atoms with Crippen molar-refractivity contribution >= 4 is 45.9 Å². The second-order valence-corrected chi connectivity index (χ2v) is 9.23. The molecule has 176 valence electrons. The van der Waals surface area contributed by atoms with Gasteiger partial charge in [-0.05, 0) is 43.5 Å². The van der Waals surface area contributed by atoms with E-state index in [0.29, 0.717) is 19.0 Å². The first-order chi connectivity index (χ1) is 14.5. The Morgan fingerprint density at radius 1 is 1.00 bits per heavy atom. The van der Waals surface area contributed by atoms with E-state index < -0.39 is 10.0 Å². The van der Waals surface area contributed by atoms with Gasteiger partial charge in [-0.2, -0.15) is 0 Å². The summed E-state index contributed by atoms with van der Waals surface area (Å²) in [5.74, 6) is 0.441. The lowest BCUT2D eigenvalue weighted by molar-refractivity contribution is -0.127. The largest absolute Gasteiger partial charge is 0.356 e. The van der Waals surface area contributed by atoms with Gasteiger partial charge < -0.3 is 15.5 Å². The van der Waals surface area contributed by atoms with E-state index in [-0.39, 0.29) is 41.3 Å². The summed E-state index contributed by atoms with van der Waals surface area (Å²) in [7, 11) is -0.333. The Hall–Kier alpha value is -2.18. The molecule has 10 heteroatoms. The third kappa shape index (κ3) is 9.53. The van der Waals surface area contributed by atoms with Crippen LogP contribution in [0.5, 0.6) is 0 Å². The van der Waals surface area contributed by atoms with Gasteiger partial charge in [0.2, 0.25) is 15.9 Å². The van der Waals surface area contributed by atoms with Crippen LogP contribution in [-0.4, -0.2) is 52.4 Å². The number of nitrogens with one attached hydrogen (secondary N) is 2. The molecular formula is C22H32IN5O3S. The monoisotopic (exact) mass is 573 g/mol. The quantitative estimate of drug-likeness (QED) is 0.254. The molecule has 0 spiro atoms. The topological polar surface area (TPSA) is 117 Å². The highest BCUT2D eigenvalue weighted by atomic mass is 127. The lowest BCUT2D eigenvalue weighted by atomic mass is 10.1. The lowest BCUT2D eigenvalue weighted by Gasteiger charge is -2.15. The van der Waals surface area contributed by atoms with Crippen LogP contribution in [0.25, 0.3) is 0 Å². The molecule has 0 radical (unpaired) electrons. The average Bonchev–Trinajstić information content (AvgIpc) is 2.68. The highest BCUT2D eigenvalue weighted by Gasteiger charge is 2.08. The van der Waals surface area contributed by atoms with E-state index in [1.54, 1.807) is 26.2 Å². The average molecular weight is 574 g/mol. The fourth-order valence-corrected chi connectivity index (χ4v) is 3.50. The zero-order valence-corrected chi connectivity index (χ0v) is 22.0. The second-order valence-electron chi connectivity index (χ2n) is 7.67. The number of hydrogen-bond donors (Lipinski definition) is 3. The van der Waals surface area contributed by atoms with Crippen molar-refractivity contribution in [3.8, 4) is 0 Å². The molecule has 4 N–H and O–H groups in total. The first-order valence-corrected chi connectivity index (χ1v) is 11.5. The number of aryl methyl sites for hydroxylation is 2. The van der Waals surface area contributed by atoms with Crippen LogP contribution in [-0.2, 0) is 27.8 Å². The van der Waals surface area contributed by atoms with Crippen LogP contribution in [0.15, 0.2) is 52.4 Å². The Kier molecular flexibility index (Phi) is 11.1. The maximum Gasteiger partial charge on any atom is 0.241 e. The number of guanidine groups is 1. The summed E-state index contributed by atoms with van der Waals surface area (Å²) < 4.78 is 22.8. The first kappa shape index (κ1) is 27.9. The summed E-state index contributed by atoms with van der Waals surface area (Å²) in [5.41, 5.74) is 4.50. The number of aliphatic imine (C=N–C) groups is 1. The summed E-state index contributed by atoms with van der Waals surface area (Å²) >= 11 is 0. The molecule has 1 amide bonds. The van der Waals surface area contributed by atoms with E-state index >= 15 is 0 Å². The van der Waals surface area contributed by atoms with Crippen molar-refractivity contribution in [2.75, 3.05) is 27.2 Å². The van der Waals surface area contributed by atoms with Crippen LogP contribution in [0.1, 0.15) is 22.3 Å². The van der Waals surface area contributed by atoms with Gasteiger partial charge >= 0.3 is 0 Å². The Balaban J connectivity index is 0.00000512. The molecule has 0 unspecified atom stereocenters. The van der Waals surface area contributed by atoms with Gasteiger partial charge in [-0.3, -0.25) is 4.79 Å². The zero-order valence-electron chi connectivity index (χ0n) is 18.9. The molecular weight excluding hydrogens is 541 g/mol. The van der Waals surface area contributed by atoms with Crippen molar-refractivity contribution in [1.29, 1.82) is 0 Å². The molecule has 0 atom stereocenters. The fraction of sp³-hybridized carbons (Fsp3) is 0.364. The van der Waals surface area contributed by atoms with Crippen LogP contribution in [0.3, 0.4) is 0 Å². The highest BCUT2D eigenvalue weighted by molar-refractivity contribution is 14.0. The molecule has 2 aromatic carbocycles. The van der Waals surface area contributed by atoms with Gasteiger partial charge in [-0.25, -0.2) is 18.5 Å². The van der Waals surface area contributed by atoms with Gasteiger partial charge in [0.15, 0.2) is 5.96 Å². The SMILES string of the molecule is Cc1cc(C)cc(CCNC(=NCc2ccc(S(N)(=O)=O)cc2)NCC(=O)N(C)C)c1.I. The molecule has 0 saturated carbocycles. The van der Waals surface area contributed by atoms with Gasteiger partial charge in [0.1, 0.15) is 0 Å². The van der Waals surface area contributed by atoms with E-state index in [0.717, 1.165) is 12.0 Å². The van der Waals surface area contributed by atoms with E-state index in [1.165, 1.54) is 33.7 Å². The van der Waals surface area contributed by atoms with Gasteiger partial charge in [-0.15, -0.1) is 24.0 Å². The van der Waals surface area contributed by atoms with Crippen molar-refractivity contribution in [1.82, 2.24) is 15.5 Å².